The molecule has 2 heterocycles. The zero-order valence-electron chi connectivity index (χ0n) is 16.4. The number of aromatic nitrogens is 2. The second kappa shape index (κ2) is 8.73. The van der Waals surface area contributed by atoms with Crippen molar-refractivity contribution in [2.24, 2.45) is 5.73 Å². The average molecular weight is 410 g/mol. The Bertz CT molecular complexity index is 972. The molecule has 156 valence electrons. The van der Waals surface area contributed by atoms with Crippen molar-refractivity contribution in [3.05, 3.63) is 78.0 Å². The van der Waals surface area contributed by atoms with Gasteiger partial charge in [-0.2, -0.15) is 4.98 Å². The van der Waals surface area contributed by atoms with Gasteiger partial charge in [-0.15, -0.1) is 0 Å². The number of piperidine rings is 1. The van der Waals surface area contributed by atoms with E-state index in [1.54, 1.807) is 36.5 Å². The molecule has 0 amide bonds. The van der Waals surface area contributed by atoms with Gasteiger partial charge >= 0.3 is 0 Å². The summed E-state index contributed by atoms with van der Waals surface area (Å²) in [5.74, 6) is 0.439. The van der Waals surface area contributed by atoms with E-state index in [1.165, 1.54) is 24.3 Å². The van der Waals surface area contributed by atoms with Crippen molar-refractivity contribution in [1.29, 1.82) is 0 Å². The maximum absolute atomic E-state index is 13.4. The molecule has 4 rings (SSSR count). The summed E-state index contributed by atoms with van der Waals surface area (Å²) in [5, 5.41) is 9.96. The molecule has 2 aromatic carbocycles. The van der Waals surface area contributed by atoms with Crippen molar-refractivity contribution in [1.82, 2.24) is 15.3 Å². The van der Waals surface area contributed by atoms with Gasteiger partial charge in [0.05, 0.1) is 11.6 Å². The highest BCUT2D eigenvalue weighted by molar-refractivity contribution is 5.56. The van der Waals surface area contributed by atoms with E-state index in [4.69, 9.17) is 5.73 Å². The monoisotopic (exact) mass is 410 g/mol. The van der Waals surface area contributed by atoms with Crippen LogP contribution in [0.25, 0.3) is 0 Å². The van der Waals surface area contributed by atoms with Crippen molar-refractivity contribution in [2.45, 2.75) is 24.4 Å². The molecule has 8 heteroatoms. The first-order valence-corrected chi connectivity index (χ1v) is 9.90. The van der Waals surface area contributed by atoms with E-state index in [9.17, 15) is 8.78 Å². The van der Waals surface area contributed by atoms with Crippen molar-refractivity contribution in [3.63, 3.8) is 0 Å². The van der Waals surface area contributed by atoms with E-state index in [1.807, 2.05) is 0 Å². The Labute approximate surface area is 173 Å². The third-order valence-electron chi connectivity index (χ3n) is 5.45. The first kappa shape index (κ1) is 20.2. The molecular weight excluding hydrogens is 386 g/mol. The van der Waals surface area contributed by atoms with Crippen molar-refractivity contribution in [3.8, 4) is 0 Å². The molecule has 1 aromatic heterocycles. The average Bonchev–Trinajstić information content (AvgIpc) is 2.76. The number of nitrogens with two attached hydrogens (primary N) is 1. The Hall–Kier alpha value is -3.10. The normalized spacial score (nSPS) is 16.6. The number of hydrogen-bond acceptors (Lipinski definition) is 6. The summed E-state index contributed by atoms with van der Waals surface area (Å²) in [6.07, 6.45) is 3.19. The number of hydrogen-bond donors (Lipinski definition) is 4. The lowest BCUT2D eigenvalue weighted by molar-refractivity contribution is 0.286. The number of nitrogens with zero attached hydrogens (tertiary/aromatic N) is 2. The van der Waals surface area contributed by atoms with Crippen LogP contribution >= 0.6 is 0 Å². The molecule has 30 heavy (non-hydrogen) atoms. The van der Waals surface area contributed by atoms with Crippen LogP contribution in [-0.2, 0) is 0 Å². The van der Waals surface area contributed by atoms with Crippen LogP contribution in [0.1, 0.15) is 24.4 Å². The Morgan fingerprint density at radius 2 is 1.57 bits per heavy atom. The summed E-state index contributed by atoms with van der Waals surface area (Å²) >= 11 is 0. The molecule has 1 aliphatic rings. The van der Waals surface area contributed by atoms with E-state index in [0.717, 1.165) is 37.2 Å². The van der Waals surface area contributed by atoms with E-state index in [0.29, 0.717) is 11.8 Å². The van der Waals surface area contributed by atoms with Crippen LogP contribution in [0.4, 0.5) is 26.2 Å². The molecule has 3 aromatic rings. The van der Waals surface area contributed by atoms with Crippen LogP contribution in [0.2, 0.25) is 0 Å². The standard InChI is InChI=1S/C22H24F2N6/c23-16-3-1-15(2-4-16)20(25)22(10-13-26-14-11-22)30-21-27-12-9-19(29-21)28-18-7-5-17(24)6-8-18/h1-9,12,20,26H,10-11,13-14,25H2,(H2,27,28,29,30)/t20-/m1/s1. The topological polar surface area (TPSA) is 87.9 Å². The van der Waals surface area contributed by atoms with Crippen LogP contribution in [0.5, 0.6) is 0 Å². The molecular formula is C22H24F2N6. The molecule has 0 bridgehead atoms. The Balaban J connectivity index is 1.57. The van der Waals surface area contributed by atoms with Gasteiger partial charge in [0.25, 0.3) is 0 Å². The molecule has 0 unspecified atom stereocenters. The Morgan fingerprint density at radius 3 is 2.23 bits per heavy atom. The summed E-state index contributed by atoms with van der Waals surface area (Å²) in [7, 11) is 0. The zero-order chi connectivity index (χ0) is 21.0. The highest BCUT2D eigenvalue weighted by Crippen LogP contribution is 2.34. The summed E-state index contributed by atoms with van der Waals surface area (Å²) in [6, 6.07) is 13.7. The number of nitrogens with one attached hydrogen (secondary N) is 3. The van der Waals surface area contributed by atoms with Crippen molar-refractivity contribution < 1.29 is 8.78 Å². The lowest BCUT2D eigenvalue weighted by atomic mass is 9.78. The summed E-state index contributed by atoms with van der Waals surface area (Å²) in [4.78, 5) is 8.92. The Morgan fingerprint density at radius 1 is 0.933 bits per heavy atom. The quantitative estimate of drug-likeness (QED) is 0.495. The van der Waals surface area contributed by atoms with Crippen LogP contribution in [-0.4, -0.2) is 28.6 Å². The predicted molar refractivity (Wildman–Crippen MR) is 114 cm³/mol. The smallest absolute Gasteiger partial charge is 0.225 e. The number of halogens is 2. The minimum atomic E-state index is -0.475. The first-order valence-electron chi connectivity index (χ1n) is 9.90. The van der Waals surface area contributed by atoms with Gasteiger partial charge in [0, 0.05) is 11.9 Å². The zero-order valence-corrected chi connectivity index (χ0v) is 16.4. The van der Waals surface area contributed by atoms with Gasteiger partial charge in [-0.1, -0.05) is 12.1 Å². The number of anilines is 3. The molecule has 1 atom stereocenters. The highest BCUT2D eigenvalue weighted by Gasteiger charge is 2.39. The molecule has 0 saturated carbocycles. The van der Waals surface area contributed by atoms with E-state index >= 15 is 0 Å². The van der Waals surface area contributed by atoms with Gasteiger partial charge < -0.3 is 21.7 Å². The lowest BCUT2D eigenvalue weighted by Crippen LogP contribution is -2.54. The van der Waals surface area contributed by atoms with Crippen LogP contribution in [0.3, 0.4) is 0 Å². The van der Waals surface area contributed by atoms with Crippen LogP contribution in [0, 0.1) is 11.6 Å². The SMILES string of the molecule is N[C@H](c1ccc(F)cc1)C1(Nc2nccc(Nc3ccc(F)cc3)n2)CCNCC1. The number of benzene rings is 2. The second-order valence-electron chi connectivity index (χ2n) is 7.46. The largest absolute Gasteiger partial charge is 0.347 e. The maximum atomic E-state index is 13.4. The van der Waals surface area contributed by atoms with Gasteiger partial charge in [-0.05, 0) is 74.0 Å². The van der Waals surface area contributed by atoms with E-state index < -0.39 is 5.54 Å². The van der Waals surface area contributed by atoms with Gasteiger partial charge in [0.15, 0.2) is 0 Å². The third-order valence-corrected chi connectivity index (χ3v) is 5.45. The third kappa shape index (κ3) is 4.55. The molecule has 0 spiro atoms. The van der Waals surface area contributed by atoms with Crippen molar-refractivity contribution >= 4 is 17.5 Å². The second-order valence-corrected chi connectivity index (χ2v) is 7.46. The van der Waals surface area contributed by atoms with Gasteiger partial charge in [0.1, 0.15) is 17.5 Å². The van der Waals surface area contributed by atoms with Gasteiger partial charge in [-0.3, -0.25) is 0 Å². The summed E-state index contributed by atoms with van der Waals surface area (Å²) in [5.41, 5.74) is 7.76. The predicted octanol–water partition coefficient (Wildman–Crippen LogP) is 3.73. The van der Waals surface area contributed by atoms with Crippen LogP contribution in [0.15, 0.2) is 60.8 Å². The van der Waals surface area contributed by atoms with Gasteiger partial charge in [0.2, 0.25) is 5.95 Å². The molecule has 0 aliphatic carbocycles. The van der Waals surface area contributed by atoms with Crippen LogP contribution < -0.4 is 21.7 Å². The first-order chi connectivity index (χ1) is 14.5. The molecule has 1 aliphatic heterocycles. The van der Waals surface area contributed by atoms with E-state index in [-0.39, 0.29) is 17.7 Å². The van der Waals surface area contributed by atoms with Crippen molar-refractivity contribution in [2.75, 3.05) is 23.7 Å². The Kier molecular flexibility index (Phi) is 5.87. The summed E-state index contributed by atoms with van der Waals surface area (Å²) in [6.45, 7) is 1.60. The molecule has 1 saturated heterocycles. The fourth-order valence-electron chi connectivity index (χ4n) is 3.77. The molecule has 0 radical (unpaired) electrons. The van der Waals surface area contributed by atoms with Gasteiger partial charge in [-0.25, -0.2) is 13.8 Å². The highest BCUT2D eigenvalue weighted by atomic mass is 19.1. The molecule has 5 N–H and O–H groups in total. The molecule has 1 fully saturated rings. The minimum Gasteiger partial charge on any atom is -0.347 e. The maximum Gasteiger partial charge on any atom is 0.225 e. The number of rotatable bonds is 6. The molecule has 6 nitrogen and oxygen atoms in total. The summed E-state index contributed by atoms with van der Waals surface area (Å²) < 4.78 is 26.5. The fourth-order valence-corrected chi connectivity index (χ4v) is 3.77. The lowest BCUT2D eigenvalue weighted by Gasteiger charge is -2.43. The van der Waals surface area contributed by atoms with E-state index in [2.05, 4.69) is 25.9 Å². The fraction of sp³-hybridized carbons (Fsp3) is 0.273. The minimum absolute atomic E-state index is 0.291.